The molecule has 3 heterocycles. The van der Waals surface area contributed by atoms with Crippen molar-refractivity contribution in [1.29, 1.82) is 0 Å². The number of hydrogen-bond acceptors (Lipinski definition) is 6. The number of aromatic nitrogens is 4. The summed E-state index contributed by atoms with van der Waals surface area (Å²) in [6, 6.07) is 12.3. The van der Waals surface area contributed by atoms with Gasteiger partial charge in [-0.1, -0.05) is 12.1 Å². The lowest BCUT2D eigenvalue weighted by Crippen LogP contribution is -2.50. The van der Waals surface area contributed by atoms with Crippen LogP contribution in [0.4, 0.5) is 10.1 Å². The van der Waals surface area contributed by atoms with Gasteiger partial charge in [0.1, 0.15) is 17.5 Å². The number of likely N-dealkylation sites (tertiary alicyclic amines) is 1. The summed E-state index contributed by atoms with van der Waals surface area (Å²) in [4.78, 5) is 44.4. The number of amides is 2. The summed E-state index contributed by atoms with van der Waals surface area (Å²) in [6.07, 6.45) is 5.51. The fourth-order valence-electron chi connectivity index (χ4n) is 5.01. The maximum Gasteiger partial charge on any atom is 0.264 e. The Bertz CT molecular complexity index is 1630. The van der Waals surface area contributed by atoms with Gasteiger partial charge in [-0.15, -0.1) is 0 Å². The number of carbonyl (C=O) groups is 2. The SMILES string of the molecule is O=C(Nc1cccc(-n2ncc3c(=O)n(CC4(O)CCN(C(=O)C5CC5)CC4)cnc32)c1)c1cccc(F)c1. The first-order valence-electron chi connectivity index (χ1n) is 12.9. The highest BCUT2D eigenvalue weighted by Crippen LogP contribution is 2.33. The highest BCUT2D eigenvalue weighted by molar-refractivity contribution is 6.04. The van der Waals surface area contributed by atoms with Gasteiger partial charge < -0.3 is 15.3 Å². The van der Waals surface area contributed by atoms with Crippen molar-refractivity contribution in [3.8, 4) is 5.69 Å². The summed E-state index contributed by atoms with van der Waals surface area (Å²) in [5, 5.41) is 18.5. The largest absolute Gasteiger partial charge is 0.388 e. The number of anilines is 1. The van der Waals surface area contributed by atoms with Crippen LogP contribution in [-0.2, 0) is 11.3 Å². The quantitative estimate of drug-likeness (QED) is 0.395. The third-order valence-corrected chi connectivity index (χ3v) is 7.39. The molecule has 1 saturated heterocycles. The molecule has 2 amide bonds. The standard InChI is InChI=1S/C28H27FN6O4/c29-20-4-1-3-19(13-20)25(36)32-21-5-2-6-22(14-21)35-24-23(15-31-35)27(38)34(17-30-24)16-28(39)9-11-33(12-10-28)26(37)18-7-8-18/h1-6,13-15,17-18,39H,7-12,16H2,(H,32,36). The van der Waals surface area contributed by atoms with Gasteiger partial charge >= 0.3 is 0 Å². The van der Waals surface area contributed by atoms with E-state index in [1.807, 2.05) is 4.90 Å². The van der Waals surface area contributed by atoms with Crippen LogP contribution in [-0.4, -0.2) is 59.8 Å². The molecular formula is C28H27FN6O4. The smallest absolute Gasteiger partial charge is 0.264 e. The van der Waals surface area contributed by atoms with E-state index in [0.717, 1.165) is 18.9 Å². The van der Waals surface area contributed by atoms with Crippen molar-refractivity contribution in [2.75, 3.05) is 18.4 Å². The Labute approximate surface area is 222 Å². The van der Waals surface area contributed by atoms with Crippen LogP contribution in [0.2, 0.25) is 0 Å². The number of piperidine rings is 1. The maximum atomic E-state index is 13.5. The van der Waals surface area contributed by atoms with Gasteiger partial charge in [-0.05, 0) is 62.1 Å². The molecule has 0 atom stereocenters. The molecule has 200 valence electrons. The molecule has 11 heteroatoms. The van der Waals surface area contributed by atoms with Crippen molar-refractivity contribution in [3.05, 3.63) is 82.8 Å². The Morgan fingerprint density at radius 2 is 1.87 bits per heavy atom. The zero-order valence-corrected chi connectivity index (χ0v) is 21.1. The number of aliphatic hydroxyl groups is 1. The first-order chi connectivity index (χ1) is 18.8. The number of benzene rings is 2. The molecule has 0 unspecified atom stereocenters. The van der Waals surface area contributed by atoms with E-state index in [1.165, 1.54) is 40.0 Å². The molecule has 2 aromatic carbocycles. The average molecular weight is 531 g/mol. The Balaban J connectivity index is 1.19. The van der Waals surface area contributed by atoms with Crippen LogP contribution in [0.3, 0.4) is 0 Å². The lowest BCUT2D eigenvalue weighted by molar-refractivity contribution is -0.137. The molecule has 0 spiro atoms. The number of nitrogens with zero attached hydrogens (tertiary/aromatic N) is 5. The Morgan fingerprint density at radius 1 is 1.10 bits per heavy atom. The number of rotatable bonds is 6. The van der Waals surface area contributed by atoms with Crippen molar-refractivity contribution in [1.82, 2.24) is 24.2 Å². The fraction of sp³-hybridized carbons (Fsp3) is 0.321. The highest BCUT2D eigenvalue weighted by Gasteiger charge is 2.39. The zero-order chi connectivity index (χ0) is 27.1. The number of nitrogens with one attached hydrogen (secondary N) is 1. The molecule has 1 saturated carbocycles. The van der Waals surface area contributed by atoms with Gasteiger partial charge in [0.15, 0.2) is 5.65 Å². The van der Waals surface area contributed by atoms with Gasteiger partial charge in [0.2, 0.25) is 5.91 Å². The number of hydrogen-bond donors (Lipinski definition) is 2. The predicted octanol–water partition coefficient (Wildman–Crippen LogP) is 2.74. The van der Waals surface area contributed by atoms with Crippen molar-refractivity contribution in [3.63, 3.8) is 0 Å². The number of carbonyl (C=O) groups excluding carboxylic acids is 2. The molecule has 1 aliphatic carbocycles. The molecule has 1 aliphatic heterocycles. The Morgan fingerprint density at radius 3 is 2.62 bits per heavy atom. The highest BCUT2D eigenvalue weighted by atomic mass is 19.1. The van der Waals surface area contributed by atoms with Gasteiger partial charge in [0.25, 0.3) is 11.5 Å². The van der Waals surface area contributed by atoms with Crippen molar-refractivity contribution in [2.24, 2.45) is 5.92 Å². The summed E-state index contributed by atoms with van der Waals surface area (Å²) in [7, 11) is 0. The average Bonchev–Trinajstić information content (AvgIpc) is 3.69. The number of halogens is 1. The van der Waals surface area contributed by atoms with Crippen LogP contribution in [0.5, 0.6) is 0 Å². The fourth-order valence-corrected chi connectivity index (χ4v) is 5.01. The van der Waals surface area contributed by atoms with Gasteiger partial charge in [-0.3, -0.25) is 19.0 Å². The van der Waals surface area contributed by atoms with Crippen LogP contribution in [0.25, 0.3) is 16.7 Å². The van der Waals surface area contributed by atoms with E-state index in [-0.39, 0.29) is 34.9 Å². The van der Waals surface area contributed by atoms with E-state index in [4.69, 9.17) is 0 Å². The molecule has 39 heavy (non-hydrogen) atoms. The minimum Gasteiger partial charge on any atom is -0.388 e. The van der Waals surface area contributed by atoms with Gasteiger partial charge in [0, 0.05) is 30.3 Å². The number of fused-ring (bicyclic) bond motifs is 1. The van der Waals surface area contributed by atoms with E-state index in [2.05, 4.69) is 15.4 Å². The monoisotopic (exact) mass is 530 g/mol. The Hall–Kier alpha value is -4.38. The minimum absolute atomic E-state index is 0.0764. The first kappa shape index (κ1) is 24.9. The first-order valence-corrected chi connectivity index (χ1v) is 12.9. The summed E-state index contributed by atoms with van der Waals surface area (Å²) < 4.78 is 16.4. The van der Waals surface area contributed by atoms with Gasteiger partial charge in [-0.25, -0.2) is 14.1 Å². The summed E-state index contributed by atoms with van der Waals surface area (Å²) in [5.74, 6) is -0.647. The zero-order valence-electron chi connectivity index (χ0n) is 21.1. The molecule has 2 fully saturated rings. The molecule has 0 bridgehead atoms. The second-order valence-corrected chi connectivity index (χ2v) is 10.3. The lowest BCUT2D eigenvalue weighted by Gasteiger charge is -2.38. The normalized spacial score (nSPS) is 16.8. The summed E-state index contributed by atoms with van der Waals surface area (Å²) in [5.41, 5.74) is 0.122. The molecule has 2 aliphatic rings. The van der Waals surface area contributed by atoms with Crippen LogP contribution in [0, 0.1) is 11.7 Å². The minimum atomic E-state index is -1.11. The van der Waals surface area contributed by atoms with E-state index >= 15 is 0 Å². The van der Waals surface area contributed by atoms with Crippen molar-refractivity contribution >= 4 is 28.5 Å². The molecule has 2 N–H and O–H groups in total. The molecule has 4 aromatic rings. The van der Waals surface area contributed by atoms with E-state index in [9.17, 15) is 23.9 Å². The lowest BCUT2D eigenvalue weighted by atomic mass is 9.91. The molecular weight excluding hydrogens is 503 g/mol. The van der Waals surface area contributed by atoms with Crippen molar-refractivity contribution in [2.45, 2.75) is 37.8 Å². The van der Waals surface area contributed by atoms with Crippen LogP contribution in [0.1, 0.15) is 36.0 Å². The van der Waals surface area contributed by atoms with E-state index in [0.29, 0.717) is 43.0 Å². The van der Waals surface area contributed by atoms with Crippen LogP contribution in [0.15, 0.2) is 65.8 Å². The molecule has 2 aromatic heterocycles. The van der Waals surface area contributed by atoms with Gasteiger partial charge in [-0.2, -0.15) is 5.10 Å². The summed E-state index contributed by atoms with van der Waals surface area (Å²) in [6.45, 7) is 1.02. The molecule has 6 rings (SSSR count). The maximum absolute atomic E-state index is 13.5. The van der Waals surface area contributed by atoms with Crippen LogP contribution < -0.4 is 10.9 Å². The second-order valence-electron chi connectivity index (χ2n) is 10.3. The Kier molecular flexibility index (Phi) is 6.22. The van der Waals surface area contributed by atoms with Crippen molar-refractivity contribution < 1.29 is 19.1 Å². The molecule has 10 nitrogen and oxygen atoms in total. The van der Waals surface area contributed by atoms with Gasteiger partial charge in [0.05, 0.1) is 24.0 Å². The summed E-state index contributed by atoms with van der Waals surface area (Å²) >= 11 is 0. The second kappa shape index (κ2) is 9.73. The topological polar surface area (TPSA) is 122 Å². The third kappa shape index (κ3) is 5.05. The third-order valence-electron chi connectivity index (χ3n) is 7.39. The van der Waals surface area contributed by atoms with E-state index < -0.39 is 17.3 Å². The molecule has 0 radical (unpaired) electrons. The van der Waals surface area contributed by atoms with Crippen LogP contribution >= 0.6 is 0 Å². The predicted molar refractivity (Wildman–Crippen MR) is 141 cm³/mol. The van der Waals surface area contributed by atoms with E-state index in [1.54, 1.807) is 24.3 Å².